The van der Waals surface area contributed by atoms with Crippen LogP contribution >= 0.6 is 0 Å². The summed E-state index contributed by atoms with van der Waals surface area (Å²) >= 11 is 0. The van der Waals surface area contributed by atoms with Crippen molar-refractivity contribution in [2.24, 2.45) is 0 Å². The highest BCUT2D eigenvalue weighted by molar-refractivity contribution is 5.70. The third-order valence-corrected chi connectivity index (χ3v) is 6.70. The lowest BCUT2D eigenvalue weighted by molar-refractivity contribution is 0.485. The molecule has 212 valence electrons. The SMILES string of the molecule is Nc1ccc(Oc2ccc(Nc3ccc(Nc4ccc(Nc5ccc(Nc6ccccc6)cc5)cc4)cc3)cc2)c(N)c1. The zero-order chi connectivity index (χ0) is 29.4. The van der Waals surface area contributed by atoms with Crippen LogP contribution in [-0.4, -0.2) is 0 Å². The van der Waals surface area contributed by atoms with Crippen molar-refractivity contribution >= 4 is 56.9 Å². The van der Waals surface area contributed by atoms with Gasteiger partial charge in [0.1, 0.15) is 11.5 Å². The van der Waals surface area contributed by atoms with E-state index in [9.17, 15) is 0 Å². The van der Waals surface area contributed by atoms with Crippen molar-refractivity contribution in [3.05, 3.63) is 146 Å². The van der Waals surface area contributed by atoms with Crippen LogP contribution in [0.25, 0.3) is 0 Å². The molecule has 6 aromatic rings. The Balaban J connectivity index is 0.995. The summed E-state index contributed by atoms with van der Waals surface area (Å²) in [5.74, 6) is 1.27. The van der Waals surface area contributed by atoms with Gasteiger partial charge in [0, 0.05) is 51.2 Å². The lowest BCUT2D eigenvalue weighted by Crippen LogP contribution is -1.95. The minimum absolute atomic E-state index is 0.502. The predicted molar refractivity (Wildman–Crippen MR) is 181 cm³/mol. The number of para-hydroxylation sites is 1. The number of hydrogen-bond donors (Lipinski definition) is 6. The first-order chi connectivity index (χ1) is 21.1. The van der Waals surface area contributed by atoms with Gasteiger partial charge in [-0.05, 0) is 127 Å². The van der Waals surface area contributed by atoms with Crippen molar-refractivity contribution in [2.75, 3.05) is 32.7 Å². The maximum absolute atomic E-state index is 5.99. The molecule has 0 aliphatic rings. The third-order valence-electron chi connectivity index (χ3n) is 6.70. The molecule has 0 saturated heterocycles. The molecule has 6 rings (SSSR count). The second-order valence-electron chi connectivity index (χ2n) is 10.0. The largest absolute Gasteiger partial charge is 0.455 e. The van der Waals surface area contributed by atoms with Crippen molar-refractivity contribution < 1.29 is 4.74 Å². The quantitative estimate of drug-likeness (QED) is 0.0919. The van der Waals surface area contributed by atoms with Crippen LogP contribution < -0.4 is 37.5 Å². The second kappa shape index (κ2) is 12.6. The zero-order valence-corrected chi connectivity index (χ0v) is 23.4. The van der Waals surface area contributed by atoms with E-state index in [4.69, 9.17) is 16.2 Å². The maximum Gasteiger partial charge on any atom is 0.150 e. The zero-order valence-electron chi connectivity index (χ0n) is 23.4. The molecule has 0 aromatic heterocycles. The first kappa shape index (κ1) is 27.1. The van der Waals surface area contributed by atoms with E-state index in [0.29, 0.717) is 22.9 Å². The van der Waals surface area contributed by atoms with Gasteiger partial charge in [0.05, 0.1) is 5.69 Å². The molecule has 0 radical (unpaired) electrons. The molecular weight excluding hydrogens is 532 g/mol. The van der Waals surface area contributed by atoms with E-state index < -0.39 is 0 Å². The Morgan fingerprint density at radius 2 is 0.721 bits per heavy atom. The summed E-state index contributed by atoms with van der Waals surface area (Å²) in [6.07, 6.45) is 0. The molecule has 43 heavy (non-hydrogen) atoms. The van der Waals surface area contributed by atoms with Gasteiger partial charge >= 0.3 is 0 Å². The first-order valence-electron chi connectivity index (χ1n) is 13.9. The molecular formula is C36H32N6O. The Labute approximate surface area is 251 Å². The Hall–Kier alpha value is -6.08. The van der Waals surface area contributed by atoms with Crippen LogP contribution in [0.1, 0.15) is 0 Å². The fourth-order valence-electron chi connectivity index (χ4n) is 4.49. The van der Waals surface area contributed by atoms with Crippen molar-refractivity contribution in [1.82, 2.24) is 0 Å². The summed E-state index contributed by atoms with van der Waals surface area (Å²) in [6.45, 7) is 0. The molecule has 0 amide bonds. The Bertz CT molecular complexity index is 1770. The van der Waals surface area contributed by atoms with E-state index >= 15 is 0 Å². The molecule has 0 aliphatic carbocycles. The number of ether oxygens (including phenoxy) is 1. The average molecular weight is 565 g/mol. The van der Waals surface area contributed by atoms with E-state index in [0.717, 1.165) is 45.5 Å². The minimum Gasteiger partial charge on any atom is -0.455 e. The van der Waals surface area contributed by atoms with Crippen LogP contribution in [0.15, 0.2) is 146 Å². The third kappa shape index (κ3) is 7.36. The number of nitrogen functional groups attached to an aromatic ring is 2. The Morgan fingerprint density at radius 1 is 0.372 bits per heavy atom. The van der Waals surface area contributed by atoms with E-state index in [1.165, 1.54) is 0 Å². The fourth-order valence-corrected chi connectivity index (χ4v) is 4.49. The fraction of sp³-hybridized carbons (Fsp3) is 0. The van der Waals surface area contributed by atoms with Crippen LogP contribution in [0.4, 0.5) is 56.9 Å². The van der Waals surface area contributed by atoms with Gasteiger partial charge in [0.2, 0.25) is 0 Å². The molecule has 6 aromatic carbocycles. The summed E-state index contributed by atoms with van der Waals surface area (Å²) in [5, 5.41) is 13.7. The van der Waals surface area contributed by atoms with Crippen LogP contribution in [0.5, 0.6) is 11.5 Å². The van der Waals surface area contributed by atoms with Gasteiger partial charge in [-0.25, -0.2) is 0 Å². The molecule has 0 spiro atoms. The number of nitrogens with two attached hydrogens (primary N) is 2. The number of benzene rings is 6. The summed E-state index contributed by atoms with van der Waals surface area (Å²) in [4.78, 5) is 0. The van der Waals surface area contributed by atoms with Gasteiger partial charge in [-0.3, -0.25) is 0 Å². The predicted octanol–water partition coefficient (Wildman–Crippen LogP) is 9.62. The van der Waals surface area contributed by atoms with Gasteiger partial charge in [-0.15, -0.1) is 0 Å². The summed E-state index contributed by atoms with van der Waals surface area (Å²) < 4.78 is 5.88. The molecule has 8 N–H and O–H groups in total. The number of nitrogens with one attached hydrogen (secondary N) is 4. The molecule has 0 saturated carbocycles. The lowest BCUT2D eigenvalue weighted by atomic mass is 10.2. The molecule has 0 unspecified atom stereocenters. The van der Waals surface area contributed by atoms with Crippen molar-refractivity contribution in [2.45, 2.75) is 0 Å². The number of anilines is 10. The van der Waals surface area contributed by atoms with E-state index in [1.54, 1.807) is 18.2 Å². The van der Waals surface area contributed by atoms with Crippen LogP contribution in [0.3, 0.4) is 0 Å². The van der Waals surface area contributed by atoms with Crippen molar-refractivity contribution in [3.63, 3.8) is 0 Å². The summed E-state index contributed by atoms with van der Waals surface area (Å²) in [7, 11) is 0. The summed E-state index contributed by atoms with van der Waals surface area (Å²) in [6, 6.07) is 47.7. The summed E-state index contributed by atoms with van der Waals surface area (Å²) in [5.41, 5.74) is 20.9. The average Bonchev–Trinajstić information content (AvgIpc) is 3.03. The van der Waals surface area contributed by atoms with Crippen LogP contribution in [0, 0.1) is 0 Å². The molecule has 0 heterocycles. The molecule has 0 aliphatic heterocycles. The van der Waals surface area contributed by atoms with E-state index in [-0.39, 0.29) is 0 Å². The number of rotatable bonds is 10. The topological polar surface area (TPSA) is 109 Å². The Morgan fingerprint density at radius 3 is 1.09 bits per heavy atom. The van der Waals surface area contributed by atoms with Gasteiger partial charge in [0.15, 0.2) is 0 Å². The lowest BCUT2D eigenvalue weighted by Gasteiger charge is -2.12. The van der Waals surface area contributed by atoms with E-state index in [1.807, 2.05) is 78.9 Å². The molecule has 0 atom stereocenters. The number of hydrogen-bond acceptors (Lipinski definition) is 7. The van der Waals surface area contributed by atoms with Gasteiger partial charge in [-0.1, -0.05) is 18.2 Å². The van der Waals surface area contributed by atoms with Crippen LogP contribution in [-0.2, 0) is 0 Å². The molecule has 0 fully saturated rings. The van der Waals surface area contributed by atoms with Gasteiger partial charge in [0.25, 0.3) is 0 Å². The normalized spacial score (nSPS) is 10.5. The van der Waals surface area contributed by atoms with Crippen LogP contribution in [0.2, 0.25) is 0 Å². The van der Waals surface area contributed by atoms with Crippen molar-refractivity contribution in [1.29, 1.82) is 0 Å². The maximum atomic E-state index is 5.99. The standard InChI is InChI=1S/C36H32N6O/c37-25-6-23-36(35(38)24-25)43-34-21-19-33(20-22-34)42-32-17-15-31(16-18-32)41-30-13-11-29(12-14-30)40-28-9-7-27(8-10-28)39-26-4-2-1-3-5-26/h1-24,39-42H,37-38H2. The molecule has 7 heteroatoms. The Kier molecular flexibility index (Phi) is 7.95. The van der Waals surface area contributed by atoms with Gasteiger partial charge in [-0.2, -0.15) is 0 Å². The van der Waals surface area contributed by atoms with Gasteiger partial charge < -0.3 is 37.5 Å². The highest BCUT2D eigenvalue weighted by Crippen LogP contribution is 2.30. The minimum atomic E-state index is 0.502. The monoisotopic (exact) mass is 564 g/mol. The molecule has 0 bridgehead atoms. The molecule has 7 nitrogen and oxygen atoms in total. The smallest absolute Gasteiger partial charge is 0.150 e. The van der Waals surface area contributed by atoms with E-state index in [2.05, 4.69) is 69.8 Å². The highest BCUT2D eigenvalue weighted by Gasteiger charge is 2.04. The highest BCUT2D eigenvalue weighted by atomic mass is 16.5. The van der Waals surface area contributed by atoms with Crippen molar-refractivity contribution in [3.8, 4) is 11.5 Å². The first-order valence-corrected chi connectivity index (χ1v) is 13.9. The second-order valence-corrected chi connectivity index (χ2v) is 10.0.